The van der Waals surface area contributed by atoms with Crippen molar-refractivity contribution < 1.29 is 28.5 Å². The second kappa shape index (κ2) is 10.6. The average Bonchev–Trinajstić information content (AvgIpc) is 2.73. The van der Waals surface area contributed by atoms with E-state index >= 15 is 0 Å². The number of allylic oxidation sites excluding steroid dienone is 3. The van der Waals surface area contributed by atoms with Crippen LogP contribution in [0.5, 0.6) is 0 Å². The fourth-order valence-corrected chi connectivity index (χ4v) is 2.98. The molecule has 0 saturated heterocycles. The molecular weight excluding hydrogens is 318 g/mol. The van der Waals surface area contributed by atoms with E-state index in [-0.39, 0.29) is 24.4 Å². The van der Waals surface area contributed by atoms with E-state index in [1.165, 1.54) is 6.08 Å². The number of aliphatic hydroxyl groups is 2. The molecule has 1 saturated carbocycles. The lowest BCUT2D eigenvalue weighted by Gasteiger charge is -2.19. The van der Waals surface area contributed by atoms with Crippen molar-refractivity contribution in [3.05, 3.63) is 24.3 Å². The number of aliphatic hydroxyl groups excluding tert-OH is 2. The predicted octanol–water partition coefficient (Wildman–Crippen LogP) is 3.23. The number of ether oxygens (including phenoxy) is 1. The molecule has 0 aromatic rings. The Morgan fingerprint density at radius 1 is 1.25 bits per heavy atom. The Kier molecular flexibility index (Phi) is 9.14. The van der Waals surface area contributed by atoms with Crippen LogP contribution in [0, 0.1) is 11.8 Å². The monoisotopic (exact) mass is 346 g/mol. The highest BCUT2D eigenvalue weighted by molar-refractivity contribution is 5.69. The molecule has 0 spiro atoms. The molecule has 0 aromatic heterocycles. The van der Waals surface area contributed by atoms with E-state index in [4.69, 9.17) is 4.74 Å². The molecule has 24 heavy (non-hydrogen) atoms. The van der Waals surface area contributed by atoms with Crippen molar-refractivity contribution in [2.75, 3.05) is 0 Å². The maximum Gasteiger partial charge on any atom is 0.306 e. The minimum absolute atomic E-state index is 0.110. The first kappa shape index (κ1) is 20.8. The third kappa shape index (κ3) is 7.53. The summed E-state index contributed by atoms with van der Waals surface area (Å²) in [4.78, 5) is 11.4. The van der Waals surface area contributed by atoms with E-state index in [2.05, 4.69) is 0 Å². The maximum atomic E-state index is 12.3. The van der Waals surface area contributed by atoms with Gasteiger partial charge in [-0.15, -0.1) is 0 Å². The van der Waals surface area contributed by atoms with E-state index in [0.717, 1.165) is 6.08 Å². The van der Waals surface area contributed by atoms with E-state index in [9.17, 15) is 23.8 Å². The van der Waals surface area contributed by atoms with Crippen LogP contribution in [-0.2, 0) is 9.53 Å². The first-order valence-electron chi connectivity index (χ1n) is 8.48. The maximum absolute atomic E-state index is 12.3. The van der Waals surface area contributed by atoms with Crippen molar-refractivity contribution in [3.63, 3.8) is 0 Å². The summed E-state index contributed by atoms with van der Waals surface area (Å²) in [5, 5.41) is 19.9. The summed E-state index contributed by atoms with van der Waals surface area (Å²) in [5.41, 5.74) is 0. The zero-order valence-corrected chi connectivity index (χ0v) is 14.3. The Morgan fingerprint density at radius 3 is 2.58 bits per heavy atom. The molecule has 0 amide bonds. The quantitative estimate of drug-likeness (QED) is 0.382. The molecule has 2 N–H and O–H groups in total. The third-order valence-electron chi connectivity index (χ3n) is 4.09. The molecule has 0 aliphatic heterocycles. The molecule has 0 radical (unpaired) electrons. The Bertz CT molecular complexity index is 435. The Morgan fingerprint density at radius 2 is 1.96 bits per heavy atom. The lowest BCUT2D eigenvalue weighted by molar-refractivity contribution is -0.147. The van der Waals surface area contributed by atoms with Gasteiger partial charge < -0.3 is 14.9 Å². The summed E-state index contributed by atoms with van der Waals surface area (Å²) < 4.78 is 29.6. The van der Waals surface area contributed by atoms with Crippen molar-refractivity contribution in [2.45, 2.75) is 70.7 Å². The third-order valence-corrected chi connectivity index (χ3v) is 4.09. The number of carbonyl (C=O) groups is 1. The lowest BCUT2D eigenvalue weighted by Crippen LogP contribution is -2.20. The van der Waals surface area contributed by atoms with E-state index in [0.29, 0.717) is 25.7 Å². The smallest absolute Gasteiger partial charge is 0.306 e. The summed E-state index contributed by atoms with van der Waals surface area (Å²) in [5.74, 6) is -0.943. The standard InChI is InChI=1S/C18H28F2O4/c1-12(2)24-18(23)8-6-4-3-5-7-13-14(9-10-17(19)20)16(22)11-15(13)21/h3,5,9-10,12-17,21-22H,4,6-8,11H2,1-2H3. The van der Waals surface area contributed by atoms with Gasteiger partial charge >= 0.3 is 5.97 Å². The normalized spacial score (nSPS) is 27.8. The van der Waals surface area contributed by atoms with Gasteiger partial charge in [0.05, 0.1) is 18.3 Å². The highest BCUT2D eigenvalue weighted by atomic mass is 19.3. The zero-order chi connectivity index (χ0) is 18.1. The minimum Gasteiger partial charge on any atom is -0.463 e. The van der Waals surface area contributed by atoms with Crippen molar-refractivity contribution in [2.24, 2.45) is 11.8 Å². The van der Waals surface area contributed by atoms with Gasteiger partial charge in [0.2, 0.25) is 0 Å². The van der Waals surface area contributed by atoms with Gasteiger partial charge in [-0.3, -0.25) is 4.79 Å². The predicted molar refractivity (Wildman–Crippen MR) is 87.6 cm³/mol. The van der Waals surface area contributed by atoms with Gasteiger partial charge in [0.25, 0.3) is 6.43 Å². The van der Waals surface area contributed by atoms with Gasteiger partial charge in [0.1, 0.15) is 0 Å². The molecule has 0 bridgehead atoms. The summed E-state index contributed by atoms with van der Waals surface area (Å²) in [7, 11) is 0. The SMILES string of the molecule is CC(C)OC(=O)CCCC=CCC1C(O)CC(O)C1C=CC(F)F. The van der Waals surface area contributed by atoms with Crippen molar-refractivity contribution in [1.82, 2.24) is 0 Å². The van der Waals surface area contributed by atoms with Crippen LogP contribution in [0.15, 0.2) is 24.3 Å². The van der Waals surface area contributed by atoms with E-state index < -0.39 is 24.6 Å². The van der Waals surface area contributed by atoms with Gasteiger partial charge in [-0.25, -0.2) is 8.78 Å². The Labute approximate surface area is 142 Å². The van der Waals surface area contributed by atoms with Crippen LogP contribution in [0.4, 0.5) is 8.78 Å². The number of alkyl halides is 2. The van der Waals surface area contributed by atoms with Gasteiger partial charge in [-0.2, -0.15) is 0 Å². The molecule has 1 rings (SSSR count). The van der Waals surface area contributed by atoms with Crippen LogP contribution in [-0.4, -0.2) is 40.9 Å². The van der Waals surface area contributed by atoms with Gasteiger partial charge in [-0.1, -0.05) is 18.2 Å². The van der Waals surface area contributed by atoms with Crippen LogP contribution in [0.2, 0.25) is 0 Å². The van der Waals surface area contributed by atoms with Crippen molar-refractivity contribution in [1.29, 1.82) is 0 Å². The number of carbonyl (C=O) groups excluding carboxylic acids is 1. The highest BCUT2D eigenvalue weighted by Gasteiger charge is 2.39. The molecule has 138 valence electrons. The molecule has 4 atom stereocenters. The fraction of sp³-hybridized carbons (Fsp3) is 0.722. The average molecular weight is 346 g/mol. The highest BCUT2D eigenvalue weighted by Crippen LogP contribution is 2.36. The first-order valence-corrected chi connectivity index (χ1v) is 8.48. The largest absolute Gasteiger partial charge is 0.463 e. The van der Waals surface area contributed by atoms with Gasteiger partial charge in [0, 0.05) is 18.8 Å². The molecular formula is C18H28F2O4. The van der Waals surface area contributed by atoms with Gasteiger partial charge in [-0.05, 0) is 45.1 Å². The summed E-state index contributed by atoms with van der Waals surface area (Å²) >= 11 is 0. The Balaban J connectivity index is 2.37. The number of esters is 1. The molecule has 1 fully saturated rings. The van der Waals surface area contributed by atoms with Crippen molar-refractivity contribution in [3.8, 4) is 0 Å². The number of hydrogen-bond acceptors (Lipinski definition) is 4. The number of rotatable bonds is 9. The molecule has 0 aromatic carbocycles. The zero-order valence-electron chi connectivity index (χ0n) is 14.3. The topological polar surface area (TPSA) is 66.8 Å². The molecule has 1 aliphatic rings. The van der Waals surface area contributed by atoms with Crippen LogP contribution in [0.3, 0.4) is 0 Å². The molecule has 1 aliphatic carbocycles. The number of hydrogen-bond donors (Lipinski definition) is 2. The van der Waals surface area contributed by atoms with E-state index in [1.54, 1.807) is 13.8 Å². The minimum atomic E-state index is -2.56. The van der Waals surface area contributed by atoms with Crippen LogP contribution >= 0.6 is 0 Å². The molecule has 6 heteroatoms. The molecule has 4 unspecified atom stereocenters. The summed E-state index contributed by atoms with van der Waals surface area (Å²) in [6.07, 6.45) is 4.15. The van der Waals surface area contributed by atoms with Crippen molar-refractivity contribution >= 4 is 5.97 Å². The molecule has 0 heterocycles. The second-order valence-electron chi connectivity index (χ2n) is 6.47. The van der Waals surface area contributed by atoms with Crippen LogP contribution in [0.1, 0.15) is 46.0 Å². The fourth-order valence-electron chi connectivity index (χ4n) is 2.98. The lowest BCUT2D eigenvalue weighted by atomic mass is 9.90. The number of unbranched alkanes of at least 4 members (excludes halogenated alkanes) is 1. The second-order valence-corrected chi connectivity index (χ2v) is 6.47. The Hall–Kier alpha value is -1.27. The summed E-state index contributed by atoms with van der Waals surface area (Å²) in [6.45, 7) is 3.61. The van der Waals surface area contributed by atoms with Gasteiger partial charge in [0.15, 0.2) is 0 Å². The van der Waals surface area contributed by atoms with Crippen LogP contribution < -0.4 is 0 Å². The number of halogens is 2. The summed E-state index contributed by atoms with van der Waals surface area (Å²) in [6, 6.07) is 0. The van der Waals surface area contributed by atoms with Crippen LogP contribution in [0.25, 0.3) is 0 Å². The molecule has 4 nitrogen and oxygen atoms in total. The first-order chi connectivity index (χ1) is 11.3. The van der Waals surface area contributed by atoms with E-state index in [1.807, 2.05) is 12.2 Å².